The molecule has 9 heteroatoms. The molecule has 0 saturated carbocycles. The molecular weight excluding hydrogens is 387 g/mol. The van der Waals surface area contributed by atoms with E-state index in [0.717, 1.165) is 9.58 Å². The van der Waals surface area contributed by atoms with Crippen LogP contribution in [0.1, 0.15) is 10.4 Å². The number of benzene rings is 2. The minimum absolute atomic E-state index is 0.0530. The molecule has 0 aliphatic carbocycles. The van der Waals surface area contributed by atoms with Gasteiger partial charge in [-0.3, -0.25) is 9.59 Å². The first-order valence-electron chi connectivity index (χ1n) is 8.13. The summed E-state index contributed by atoms with van der Waals surface area (Å²) in [6.07, 6.45) is 1.92. The van der Waals surface area contributed by atoms with Crippen LogP contribution < -0.4 is 5.76 Å². The van der Waals surface area contributed by atoms with E-state index in [9.17, 15) is 18.8 Å². The zero-order valence-corrected chi connectivity index (χ0v) is 15.6. The van der Waals surface area contributed by atoms with Crippen molar-refractivity contribution in [3.63, 3.8) is 0 Å². The average Bonchev–Trinajstić information content (AvgIpc) is 3.07. The lowest BCUT2D eigenvalue weighted by atomic mass is 10.1. The van der Waals surface area contributed by atoms with Gasteiger partial charge in [0.2, 0.25) is 5.89 Å². The molecule has 0 aliphatic heterocycles. The van der Waals surface area contributed by atoms with E-state index < -0.39 is 30.7 Å². The molecule has 2 aromatic carbocycles. The summed E-state index contributed by atoms with van der Waals surface area (Å²) >= 11 is 1.55. The third-order valence-corrected chi connectivity index (χ3v) is 4.50. The first-order chi connectivity index (χ1) is 13.5. The molecule has 0 amide bonds. The second-order valence-corrected chi connectivity index (χ2v) is 6.53. The maximum Gasteiger partial charge on any atom is 0.437 e. The van der Waals surface area contributed by atoms with E-state index in [1.54, 1.807) is 36.0 Å². The summed E-state index contributed by atoms with van der Waals surface area (Å²) < 4.78 is 23.6. The fraction of sp³-hybridized carbons (Fsp3) is 0.158. The van der Waals surface area contributed by atoms with Crippen LogP contribution in [0.5, 0.6) is 0 Å². The summed E-state index contributed by atoms with van der Waals surface area (Å²) in [6.45, 7) is -0.961. The Kier molecular flexibility index (Phi) is 6.05. The number of ether oxygens (including phenoxy) is 1. The summed E-state index contributed by atoms with van der Waals surface area (Å²) in [5.41, 5.74) is 0.803. The van der Waals surface area contributed by atoms with Crippen LogP contribution in [0.3, 0.4) is 0 Å². The Balaban J connectivity index is 1.59. The summed E-state index contributed by atoms with van der Waals surface area (Å²) in [4.78, 5) is 36.8. The first kappa shape index (κ1) is 19.6. The van der Waals surface area contributed by atoms with E-state index in [-0.39, 0.29) is 11.7 Å². The highest BCUT2D eigenvalue weighted by atomic mass is 32.2. The predicted molar refractivity (Wildman–Crippen MR) is 99.7 cm³/mol. The lowest BCUT2D eigenvalue weighted by Gasteiger charge is -2.04. The van der Waals surface area contributed by atoms with Gasteiger partial charge in [-0.2, -0.15) is 4.68 Å². The van der Waals surface area contributed by atoms with Gasteiger partial charge in [-0.1, -0.05) is 12.1 Å². The molecule has 144 valence electrons. The second kappa shape index (κ2) is 8.66. The number of hydrogen-bond acceptors (Lipinski definition) is 7. The molecule has 0 spiro atoms. The van der Waals surface area contributed by atoms with Gasteiger partial charge < -0.3 is 9.15 Å². The van der Waals surface area contributed by atoms with Gasteiger partial charge in [0.05, 0.1) is 0 Å². The average molecular weight is 402 g/mol. The standard InChI is InChI=1S/C19H15FN2O5S/c1-28-15-8-4-12(5-9-15)16(23)11-26-17(24)10-22-19(25)27-18(21-22)13-2-6-14(20)7-3-13/h2-9H,10-11H2,1H3. The summed E-state index contributed by atoms with van der Waals surface area (Å²) in [7, 11) is 0. The van der Waals surface area contributed by atoms with Crippen LogP contribution in [0.2, 0.25) is 0 Å². The molecule has 0 N–H and O–H groups in total. The number of ketones is 1. The SMILES string of the molecule is CSc1ccc(C(=O)COC(=O)Cn2nc(-c3ccc(F)cc3)oc2=O)cc1. The molecule has 1 heterocycles. The third-order valence-electron chi connectivity index (χ3n) is 3.75. The van der Waals surface area contributed by atoms with Crippen molar-refractivity contribution in [3.05, 3.63) is 70.5 Å². The normalized spacial score (nSPS) is 10.6. The van der Waals surface area contributed by atoms with Gasteiger partial charge in [0, 0.05) is 16.0 Å². The molecule has 0 fully saturated rings. The number of nitrogens with zero attached hydrogens (tertiary/aromatic N) is 2. The molecule has 28 heavy (non-hydrogen) atoms. The number of thioether (sulfide) groups is 1. The Morgan fingerprint density at radius 2 is 1.82 bits per heavy atom. The minimum atomic E-state index is -0.866. The zero-order valence-electron chi connectivity index (χ0n) is 14.8. The number of hydrogen-bond donors (Lipinski definition) is 0. The molecule has 1 aromatic heterocycles. The lowest BCUT2D eigenvalue weighted by molar-refractivity contribution is -0.143. The van der Waals surface area contributed by atoms with Gasteiger partial charge in [-0.05, 0) is 42.7 Å². The maximum atomic E-state index is 13.0. The van der Waals surface area contributed by atoms with Crippen LogP contribution in [0, 0.1) is 5.82 Å². The van der Waals surface area contributed by atoms with Gasteiger partial charge in [-0.15, -0.1) is 16.9 Å². The molecule has 0 aliphatic rings. The number of carbonyl (C=O) groups excluding carboxylic acids is 2. The van der Waals surface area contributed by atoms with E-state index in [1.165, 1.54) is 24.3 Å². The molecule has 0 saturated heterocycles. The molecule has 7 nitrogen and oxygen atoms in total. The van der Waals surface area contributed by atoms with Crippen LogP contribution in [0.25, 0.3) is 11.5 Å². The fourth-order valence-electron chi connectivity index (χ4n) is 2.29. The number of Topliss-reactive ketones (excluding diaryl/α,β-unsaturated/α-hetero) is 1. The van der Waals surface area contributed by atoms with E-state index in [2.05, 4.69) is 5.10 Å². The highest BCUT2D eigenvalue weighted by Crippen LogP contribution is 2.16. The lowest BCUT2D eigenvalue weighted by Crippen LogP contribution is -2.24. The monoisotopic (exact) mass is 402 g/mol. The van der Waals surface area contributed by atoms with Crippen LogP contribution in [0.15, 0.2) is 62.6 Å². The van der Waals surface area contributed by atoms with Crippen LogP contribution >= 0.6 is 11.8 Å². The molecule has 0 unspecified atom stereocenters. The summed E-state index contributed by atoms with van der Waals surface area (Å²) in [6, 6.07) is 12.1. The Labute approximate surface area is 163 Å². The Bertz CT molecular complexity index is 1040. The van der Waals surface area contributed by atoms with E-state index in [4.69, 9.17) is 9.15 Å². The predicted octanol–water partition coefficient (Wildman–Crippen LogP) is 2.79. The van der Waals surface area contributed by atoms with Crippen LogP contribution in [0.4, 0.5) is 4.39 Å². The molecule has 0 bridgehead atoms. The van der Waals surface area contributed by atoms with Gasteiger partial charge >= 0.3 is 11.7 Å². The number of rotatable bonds is 7. The quantitative estimate of drug-likeness (QED) is 0.341. The topological polar surface area (TPSA) is 91.4 Å². The molecule has 3 rings (SSSR count). The van der Waals surface area contributed by atoms with Crippen molar-refractivity contribution in [3.8, 4) is 11.5 Å². The largest absolute Gasteiger partial charge is 0.456 e. The number of carbonyl (C=O) groups is 2. The number of aromatic nitrogens is 2. The maximum absolute atomic E-state index is 13.0. The van der Waals surface area contributed by atoms with Crippen molar-refractivity contribution in [2.75, 3.05) is 12.9 Å². The molecule has 0 radical (unpaired) electrons. The van der Waals surface area contributed by atoms with Crippen molar-refractivity contribution in [2.24, 2.45) is 0 Å². The van der Waals surface area contributed by atoms with Gasteiger partial charge in [0.25, 0.3) is 0 Å². The second-order valence-electron chi connectivity index (χ2n) is 5.65. The Morgan fingerprint density at radius 3 is 2.46 bits per heavy atom. The first-order valence-corrected chi connectivity index (χ1v) is 9.35. The highest BCUT2D eigenvalue weighted by molar-refractivity contribution is 7.98. The van der Waals surface area contributed by atoms with Crippen molar-refractivity contribution in [2.45, 2.75) is 11.4 Å². The molecule has 0 atom stereocenters. The fourth-order valence-corrected chi connectivity index (χ4v) is 2.70. The summed E-state index contributed by atoms with van der Waals surface area (Å²) in [5, 5.41) is 3.88. The van der Waals surface area contributed by atoms with E-state index in [1.807, 2.05) is 6.26 Å². The summed E-state index contributed by atoms with van der Waals surface area (Å²) in [5.74, 6) is -2.53. The third kappa shape index (κ3) is 4.74. The van der Waals surface area contributed by atoms with Crippen LogP contribution in [-0.2, 0) is 16.1 Å². The Morgan fingerprint density at radius 1 is 1.14 bits per heavy atom. The van der Waals surface area contributed by atoms with Crippen molar-refractivity contribution >= 4 is 23.5 Å². The number of halogens is 1. The van der Waals surface area contributed by atoms with Gasteiger partial charge in [0.15, 0.2) is 12.4 Å². The van der Waals surface area contributed by atoms with Gasteiger partial charge in [0.1, 0.15) is 12.4 Å². The van der Waals surface area contributed by atoms with E-state index >= 15 is 0 Å². The van der Waals surface area contributed by atoms with Crippen LogP contribution in [-0.4, -0.2) is 34.4 Å². The van der Waals surface area contributed by atoms with Crippen molar-refractivity contribution < 1.29 is 23.1 Å². The van der Waals surface area contributed by atoms with Crippen molar-refractivity contribution in [1.82, 2.24) is 9.78 Å². The smallest absolute Gasteiger partial charge is 0.437 e. The van der Waals surface area contributed by atoms with E-state index in [0.29, 0.717) is 11.1 Å². The van der Waals surface area contributed by atoms with Gasteiger partial charge in [-0.25, -0.2) is 9.18 Å². The highest BCUT2D eigenvalue weighted by Gasteiger charge is 2.16. The Hall–Kier alpha value is -3.20. The molecular formula is C19H15FN2O5S. The zero-order chi connectivity index (χ0) is 20.1. The minimum Gasteiger partial charge on any atom is -0.456 e. The molecule has 3 aromatic rings. The number of esters is 1. The van der Waals surface area contributed by atoms with Crippen molar-refractivity contribution in [1.29, 1.82) is 0 Å².